The zero-order chi connectivity index (χ0) is 18.3. The number of anilines is 1. The Morgan fingerprint density at radius 3 is 2.41 bits per heavy atom. The van der Waals surface area contributed by atoms with Gasteiger partial charge in [0.05, 0.1) is 13.7 Å². The monoisotopic (exact) mass is 362 g/mol. The molecule has 2 saturated heterocycles. The van der Waals surface area contributed by atoms with Gasteiger partial charge >= 0.3 is 0 Å². The average molecular weight is 362 g/mol. The molecule has 0 amide bonds. The highest BCUT2D eigenvalue weighted by molar-refractivity contribution is 5.53. The smallest absolute Gasteiger partial charge is 0.247 e. The predicted molar refractivity (Wildman–Crippen MR) is 103 cm³/mol. The first-order chi connectivity index (χ1) is 13.2. The maximum atomic E-state index is 5.82. The van der Waals surface area contributed by atoms with Gasteiger partial charge in [-0.3, -0.25) is 4.90 Å². The topological polar surface area (TPSA) is 54.6 Å². The second kappa shape index (κ2) is 6.39. The molecule has 1 aromatic heterocycles. The Hall–Kier alpha value is -2.86. The Kier molecular flexibility index (Phi) is 3.86. The molecule has 0 aliphatic carbocycles. The number of nitrogens with zero attached hydrogens (tertiary/aromatic N) is 4. The summed E-state index contributed by atoms with van der Waals surface area (Å²) in [5, 5.41) is 8.38. The van der Waals surface area contributed by atoms with E-state index in [1.54, 1.807) is 7.11 Å². The van der Waals surface area contributed by atoms with Crippen LogP contribution in [0.15, 0.2) is 59.0 Å². The minimum atomic E-state index is 0.419. The molecule has 3 heterocycles. The Bertz CT molecular complexity index is 909. The fraction of sp³-hybridized carbons (Fsp3) is 0.333. The van der Waals surface area contributed by atoms with E-state index in [1.165, 1.54) is 5.69 Å². The number of benzene rings is 2. The highest BCUT2D eigenvalue weighted by atomic mass is 16.5. The molecular weight excluding hydrogens is 340 g/mol. The second-order valence-corrected chi connectivity index (χ2v) is 7.57. The Balaban J connectivity index is 1.14. The molecule has 2 aliphatic heterocycles. The molecule has 2 aliphatic rings. The molecule has 0 unspecified atom stereocenters. The molecule has 138 valence electrons. The van der Waals surface area contributed by atoms with Gasteiger partial charge in [0.2, 0.25) is 11.8 Å². The van der Waals surface area contributed by atoms with Crippen molar-refractivity contribution in [2.45, 2.75) is 6.54 Å². The van der Waals surface area contributed by atoms with Crippen LogP contribution in [0, 0.1) is 5.41 Å². The maximum Gasteiger partial charge on any atom is 0.247 e. The molecule has 3 aromatic rings. The number of rotatable bonds is 5. The maximum absolute atomic E-state index is 5.82. The third-order valence-electron chi connectivity index (χ3n) is 5.45. The van der Waals surface area contributed by atoms with Crippen molar-refractivity contribution in [1.29, 1.82) is 0 Å². The minimum absolute atomic E-state index is 0.419. The lowest BCUT2D eigenvalue weighted by Crippen LogP contribution is -2.71. The Morgan fingerprint density at radius 2 is 1.70 bits per heavy atom. The fourth-order valence-electron chi connectivity index (χ4n) is 4.16. The van der Waals surface area contributed by atoms with Crippen molar-refractivity contribution in [3.05, 3.63) is 60.5 Å². The highest BCUT2D eigenvalue weighted by Gasteiger charge is 2.51. The lowest BCUT2D eigenvalue weighted by molar-refractivity contribution is -0.0316. The van der Waals surface area contributed by atoms with Crippen molar-refractivity contribution in [1.82, 2.24) is 15.1 Å². The minimum Gasteiger partial charge on any atom is -0.497 e. The van der Waals surface area contributed by atoms with Crippen LogP contribution in [0.25, 0.3) is 11.5 Å². The van der Waals surface area contributed by atoms with Crippen LogP contribution in [0.3, 0.4) is 0 Å². The van der Waals surface area contributed by atoms with E-state index in [9.17, 15) is 0 Å². The van der Waals surface area contributed by atoms with Crippen molar-refractivity contribution >= 4 is 5.69 Å². The van der Waals surface area contributed by atoms with E-state index in [0.717, 1.165) is 44.0 Å². The van der Waals surface area contributed by atoms with E-state index in [4.69, 9.17) is 9.15 Å². The van der Waals surface area contributed by atoms with E-state index in [-0.39, 0.29) is 0 Å². The first-order valence-electron chi connectivity index (χ1n) is 9.22. The van der Waals surface area contributed by atoms with E-state index < -0.39 is 0 Å². The summed E-state index contributed by atoms with van der Waals surface area (Å²) < 4.78 is 11.1. The third-order valence-corrected chi connectivity index (χ3v) is 5.45. The van der Waals surface area contributed by atoms with Gasteiger partial charge in [0.1, 0.15) is 5.75 Å². The molecule has 27 heavy (non-hydrogen) atoms. The number of aromatic nitrogens is 2. The largest absolute Gasteiger partial charge is 0.497 e. The van der Waals surface area contributed by atoms with Gasteiger partial charge in [-0.1, -0.05) is 18.2 Å². The number of ether oxygens (including phenoxy) is 1. The van der Waals surface area contributed by atoms with Crippen LogP contribution in [0.4, 0.5) is 5.69 Å². The summed E-state index contributed by atoms with van der Waals surface area (Å²) in [5.74, 6) is 2.18. The standard InChI is InChI=1S/C21H22N4O2/c1-26-18-9-7-17(8-10-18)25-14-21(15-25)12-24(13-21)11-19-22-23-20(27-19)16-5-3-2-4-6-16/h2-10H,11-15H2,1H3. The summed E-state index contributed by atoms with van der Waals surface area (Å²) in [7, 11) is 1.70. The molecule has 6 nitrogen and oxygen atoms in total. The van der Waals surface area contributed by atoms with Crippen LogP contribution >= 0.6 is 0 Å². The fourth-order valence-corrected chi connectivity index (χ4v) is 4.16. The van der Waals surface area contributed by atoms with Gasteiger partial charge < -0.3 is 14.1 Å². The molecule has 6 heteroatoms. The van der Waals surface area contributed by atoms with Crippen LogP contribution < -0.4 is 9.64 Å². The Labute approximate surface area is 158 Å². The number of methoxy groups -OCH3 is 1. The summed E-state index contributed by atoms with van der Waals surface area (Å²) in [5.41, 5.74) is 2.65. The summed E-state index contributed by atoms with van der Waals surface area (Å²) >= 11 is 0. The lowest BCUT2D eigenvalue weighted by Gasteiger charge is -2.61. The summed E-state index contributed by atoms with van der Waals surface area (Å²) in [6, 6.07) is 18.2. The third kappa shape index (κ3) is 3.06. The quantitative estimate of drug-likeness (QED) is 0.695. The van der Waals surface area contributed by atoms with Gasteiger partial charge in [-0.25, -0.2) is 0 Å². The predicted octanol–water partition coefficient (Wildman–Crippen LogP) is 3.07. The summed E-state index contributed by atoms with van der Waals surface area (Å²) in [6.07, 6.45) is 0. The zero-order valence-electron chi connectivity index (χ0n) is 15.3. The van der Waals surface area contributed by atoms with E-state index in [1.807, 2.05) is 42.5 Å². The molecule has 0 saturated carbocycles. The zero-order valence-corrected chi connectivity index (χ0v) is 15.3. The van der Waals surface area contributed by atoms with Crippen molar-refractivity contribution in [2.75, 3.05) is 38.2 Å². The number of hydrogen-bond donors (Lipinski definition) is 0. The molecule has 0 N–H and O–H groups in total. The lowest BCUT2D eigenvalue weighted by atomic mass is 9.72. The second-order valence-electron chi connectivity index (χ2n) is 7.57. The van der Waals surface area contributed by atoms with Crippen LogP contribution in [-0.2, 0) is 6.54 Å². The molecule has 2 fully saturated rings. The molecule has 0 bridgehead atoms. The first-order valence-corrected chi connectivity index (χ1v) is 9.22. The number of hydrogen-bond acceptors (Lipinski definition) is 6. The van der Waals surface area contributed by atoms with Crippen LogP contribution in [0.1, 0.15) is 5.89 Å². The number of likely N-dealkylation sites (tertiary alicyclic amines) is 1. The van der Waals surface area contributed by atoms with Crippen molar-refractivity contribution in [3.8, 4) is 17.2 Å². The van der Waals surface area contributed by atoms with Gasteiger partial charge in [-0.15, -0.1) is 10.2 Å². The summed E-state index contributed by atoms with van der Waals surface area (Å²) in [6.45, 7) is 5.11. The summed E-state index contributed by atoms with van der Waals surface area (Å²) in [4.78, 5) is 4.81. The van der Waals surface area contributed by atoms with Crippen molar-refractivity contribution in [3.63, 3.8) is 0 Å². The molecule has 5 rings (SSSR count). The van der Waals surface area contributed by atoms with Crippen molar-refractivity contribution in [2.24, 2.45) is 5.41 Å². The normalized spacial score (nSPS) is 18.2. The SMILES string of the molecule is COc1ccc(N2CC3(CN(Cc4nnc(-c5ccccc5)o4)C3)C2)cc1. The molecule has 0 atom stereocenters. The van der Waals surface area contributed by atoms with Gasteiger partial charge in [0.15, 0.2) is 0 Å². The Morgan fingerprint density at radius 1 is 0.963 bits per heavy atom. The molecular formula is C21H22N4O2. The first kappa shape index (κ1) is 16.3. The van der Waals surface area contributed by atoms with Gasteiger partial charge in [0.25, 0.3) is 0 Å². The van der Waals surface area contributed by atoms with E-state index in [2.05, 4.69) is 32.1 Å². The van der Waals surface area contributed by atoms with Gasteiger partial charge in [0, 0.05) is 42.8 Å². The van der Waals surface area contributed by atoms with Crippen LogP contribution in [-0.4, -0.2) is 48.4 Å². The molecule has 1 spiro atoms. The van der Waals surface area contributed by atoms with E-state index >= 15 is 0 Å². The molecule has 0 radical (unpaired) electrons. The van der Waals surface area contributed by atoms with E-state index in [0.29, 0.717) is 17.2 Å². The molecule has 2 aromatic carbocycles. The van der Waals surface area contributed by atoms with Crippen LogP contribution in [0.5, 0.6) is 5.75 Å². The van der Waals surface area contributed by atoms with Gasteiger partial charge in [-0.05, 0) is 36.4 Å². The average Bonchev–Trinajstić information content (AvgIpc) is 3.12. The van der Waals surface area contributed by atoms with Crippen molar-refractivity contribution < 1.29 is 9.15 Å². The highest BCUT2D eigenvalue weighted by Crippen LogP contribution is 2.42. The van der Waals surface area contributed by atoms with Gasteiger partial charge in [-0.2, -0.15) is 0 Å². The van der Waals surface area contributed by atoms with Crippen LogP contribution in [0.2, 0.25) is 0 Å².